The number of aryl methyl sites for hydroxylation is 1. The Kier molecular flexibility index (Phi) is 5.89. The molecule has 1 unspecified atom stereocenters. The van der Waals surface area contributed by atoms with Crippen LogP contribution in [0.25, 0.3) is 0 Å². The predicted molar refractivity (Wildman–Crippen MR) is 88.9 cm³/mol. The Hall–Kier alpha value is -2.19. The summed E-state index contributed by atoms with van der Waals surface area (Å²) in [5, 5.41) is 14.8. The maximum atomic E-state index is 11.5. The summed E-state index contributed by atoms with van der Waals surface area (Å²) >= 11 is 1.24. The second-order valence-corrected chi connectivity index (χ2v) is 6.11. The molecule has 1 heterocycles. The summed E-state index contributed by atoms with van der Waals surface area (Å²) < 4.78 is 5.03. The standard InChI is InChI=1S/C15H18N4O3S/c1-10-4-6-12(7-5-10)23-15-13(19(20)21)14(16-9-17-15)18-11(2)8-22-3/h4-7,9,11H,8H2,1-3H3,(H,16,17,18). The lowest BCUT2D eigenvalue weighted by Gasteiger charge is -2.14. The SMILES string of the molecule is COCC(C)Nc1ncnc(Sc2ccc(C)cc2)c1[N+](=O)[O-]. The van der Waals surface area contributed by atoms with E-state index < -0.39 is 4.92 Å². The van der Waals surface area contributed by atoms with Crippen LogP contribution in [0.1, 0.15) is 12.5 Å². The highest BCUT2D eigenvalue weighted by Crippen LogP contribution is 2.36. The first-order valence-corrected chi connectivity index (χ1v) is 7.82. The maximum absolute atomic E-state index is 11.5. The summed E-state index contributed by atoms with van der Waals surface area (Å²) in [6, 6.07) is 7.62. The third-order valence-corrected chi connectivity index (χ3v) is 4.01. The Morgan fingerprint density at radius 1 is 1.35 bits per heavy atom. The number of nitrogens with zero attached hydrogens (tertiary/aromatic N) is 3. The Morgan fingerprint density at radius 2 is 2.04 bits per heavy atom. The van der Waals surface area contributed by atoms with Crippen LogP contribution in [-0.4, -0.2) is 34.6 Å². The number of hydrogen-bond donors (Lipinski definition) is 1. The van der Waals surface area contributed by atoms with Crippen LogP contribution in [0.3, 0.4) is 0 Å². The lowest BCUT2D eigenvalue weighted by molar-refractivity contribution is -0.387. The van der Waals surface area contributed by atoms with E-state index in [1.54, 1.807) is 7.11 Å². The van der Waals surface area contributed by atoms with Crippen LogP contribution in [0.4, 0.5) is 11.5 Å². The number of methoxy groups -OCH3 is 1. The maximum Gasteiger partial charge on any atom is 0.343 e. The van der Waals surface area contributed by atoms with E-state index in [1.807, 2.05) is 38.1 Å². The summed E-state index contributed by atoms with van der Waals surface area (Å²) in [4.78, 5) is 20.0. The van der Waals surface area contributed by atoms with Crippen molar-refractivity contribution in [3.8, 4) is 0 Å². The van der Waals surface area contributed by atoms with Crippen molar-refractivity contribution in [1.82, 2.24) is 9.97 Å². The number of nitrogens with one attached hydrogen (secondary N) is 1. The highest BCUT2D eigenvalue weighted by atomic mass is 32.2. The van der Waals surface area contributed by atoms with Gasteiger partial charge >= 0.3 is 5.69 Å². The van der Waals surface area contributed by atoms with Crippen LogP contribution < -0.4 is 5.32 Å². The number of benzene rings is 1. The highest BCUT2D eigenvalue weighted by Gasteiger charge is 2.24. The van der Waals surface area contributed by atoms with E-state index in [9.17, 15) is 10.1 Å². The minimum atomic E-state index is -0.460. The Labute approximate surface area is 138 Å². The molecule has 1 aromatic heterocycles. The smallest absolute Gasteiger partial charge is 0.343 e. The fraction of sp³-hybridized carbons (Fsp3) is 0.333. The molecule has 1 aromatic carbocycles. The molecule has 0 aliphatic heterocycles. The predicted octanol–water partition coefficient (Wildman–Crippen LogP) is 3.29. The minimum Gasteiger partial charge on any atom is -0.383 e. The third-order valence-electron chi connectivity index (χ3n) is 3.01. The quantitative estimate of drug-likeness (QED) is 0.472. The van der Waals surface area contributed by atoms with Gasteiger partial charge < -0.3 is 10.1 Å². The number of ether oxygens (including phenoxy) is 1. The molecule has 0 amide bonds. The van der Waals surface area contributed by atoms with Crippen molar-refractivity contribution < 1.29 is 9.66 Å². The van der Waals surface area contributed by atoms with E-state index in [0.717, 1.165) is 10.5 Å². The molecule has 23 heavy (non-hydrogen) atoms. The van der Waals surface area contributed by atoms with Gasteiger partial charge in [0.2, 0.25) is 5.82 Å². The van der Waals surface area contributed by atoms with Crippen LogP contribution in [-0.2, 0) is 4.74 Å². The molecule has 0 saturated carbocycles. The van der Waals surface area contributed by atoms with Gasteiger partial charge in [0.1, 0.15) is 6.33 Å². The molecule has 0 saturated heterocycles. The summed E-state index contributed by atoms with van der Waals surface area (Å²) in [5.41, 5.74) is 1.00. The summed E-state index contributed by atoms with van der Waals surface area (Å²) in [7, 11) is 1.57. The Balaban J connectivity index is 2.31. The molecule has 2 rings (SSSR count). The molecule has 0 spiro atoms. The molecule has 0 aliphatic rings. The third kappa shape index (κ3) is 4.64. The van der Waals surface area contributed by atoms with Gasteiger partial charge in [0.15, 0.2) is 5.03 Å². The molecule has 0 radical (unpaired) electrons. The van der Waals surface area contributed by atoms with Gasteiger partial charge in [-0.05, 0) is 26.0 Å². The zero-order valence-electron chi connectivity index (χ0n) is 13.1. The second-order valence-electron chi connectivity index (χ2n) is 5.05. The van der Waals surface area contributed by atoms with Gasteiger partial charge in [0.25, 0.3) is 0 Å². The highest BCUT2D eigenvalue weighted by molar-refractivity contribution is 7.99. The number of nitro groups is 1. The minimum absolute atomic E-state index is 0.106. The largest absolute Gasteiger partial charge is 0.383 e. The van der Waals surface area contributed by atoms with Gasteiger partial charge in [-0.1, -0.05) is 29.5 Å². The molecule has 7 nitrogen and oxygen atoms in total. The summed E-state index contributed by atoms with van der Waals surface area (Å²) in [6.07, 6.45) is 1.32. The fourth-order valence-corrected chi connectivity index (χ4v) is 2.81. The molecule has 0 aliphatic carbocycles. The number of aromatic nitrogens is 2. The van der Waals surface area contributed by atoms with E-state index in [4.69, 9.17) is 4.74 Å². The van der Waals surface area contributed by atoms with Gasteiger partial charge in [0, 0.05) is 18.0 Å². The lowest BCUT2D eigenvalue weighted by Crippen LogP contribution is -2.22. The number of rotatable bonds is 7. The van der Waals surface area contributed by atoms with Gasteiger partial charge in [-0.25, -0.2) is 9.97 Å². The first-order chi connectivity index (χ1) is 11.0. The van der Waals surface area contributed by atoms with Crippen molar-refractivity contribution in [3.05, 3.63) is 46.3 Å². The Bertz CT molecular complexity index is 679. The topological polar surface area (TPSA) is 90.2 Å². The monoisotopic (exact) mass is 334 g/mol. The van der Waals surface area contributed by atoms with Crippen molar-refractivity contribution in [1.29, 1.82) is 0 Å². The normalized spacial score (nSPS) is 12.0. The van der Waals surface area contributed by atoms with Gasteiger partial charge in [0.05, 0.1) is 11.5 Å². The molecule has 8 heteroatoms. The van der Waals surface area contributed by atoms with E-state index in [1.165, 1.54) is 18.1 Å². The zero-order valence-corrected chi connectivity index (χ0v) is 14.0. The molecule has 1 atom stereocenters. The van der Waals surface area contributed by atoms with Crippen molar-refractivity contribution >= 4 is 23.3 Å². The van der Waals surface area contributed by atoms with E-state index >= 15 is 0 Å². The molecule has 0 bridgehead atoms. The van der Waals surface area contributed by atoms with Gasteiger partial charge in [-0.2, -0.15) is 0 Å². The number of anilines is 1. The van der Waals surface area contributed by atoms with Crippen molar-refractivity contribution in [2.45, 2.75) is 29.8 Å². The Morgan fingerprint density at radius 3 is 2.65 bits per heavy atom. The molecule has 122 valence electrons. The average molecular weight is 334 g/mol. The van der Waals surface area contributed by atoms with Crippen molar-refractivity contribution in [3.63, 3.8) is 0 Å². The first kappa shape index (κ1) is 17.2. The molecular weight excluding hydrogens is 316 g/mol. The van der Waals surface area contributed by atoms with Crippen molar-refractivity contribution in [2.75, 3.05) is 19.0 Å². The van der Waals surface area contributed by atoms with Crippen LogP contribution in [0, 0.1) is 17.0 Å². The van der Waals surface area contributed by atoms with Crippen molar-refractivity contribution in [2.24, 2.45) is 0 Å². The molecule has 2 aromatic rings. The van der Waals surface area contributed by atoms with Gasteiger partial charge in [-0.15, -0.1) is 0 Å². The lowest BCUT2D eigenvalue weighted by atomic mass is 10.2. The molecular formula is C15H18N4O3S. The summed E-state index contributed by atoms with van der Waals surface area (Å²) in [5.74, 6) is 0.198. The van der Waals surface area contributed by atoms with Crippen LogP contribution in [0.5, 0.6) is 0 Å². The van der Waals surface area contributed by atoms with E-state index in [-0.39, 0.29) is 17.5 Å². The van der Waals surface area contributed by atoms with E-state index in [0.29, 0.717) is 11.6 Å². The van der Waals surface area contributed by atoms with E-state index in [2.05, 4.69) is 15.3 Å². The fourth-order valence-electron chi connectivity index (χ4n) is 1.95. The summed E-state index contributed by atoms with van der Waals surface area (Å²) in [6.45, 7) is 4.27. The van der Waals surface area contributed by atoms with Crippen LogP contribution >= 0.6 is 11.8 Å². The number of hydrogen-bond acceptors (Lipinski definition) is 7. The molecule has 1 N–H and O–H groups in total. The zero-order chi connectivity index (χ0) is 16.8. The van der Waals surface area contributed by atoms with Crippen LogP contribution in [0.15, 0.2) is 40.5 Å². The second kappa shape index (κ2) is 7.89. The molecule has 0 fully saturated rings. The first-order valence-electron chi connectivity index (χ1n) is 7.00. The average Bonchev–Trinajstić information content (AvgIpc) is 2.49. The van der Waals surface area contributed by atoms with Crippen LogP contribution in [0.2, 0.25) is 0 Å². The van der Waals surface area contributed by atoms with Gasteiger partial charge in [-0.3, -0.25) is 10.1 Å².